The van der Waals surface area contributed by atoms with Crippen LogP contribution in [0.3, 0.4) is 0 Å². The molecule has 0 aromatic heterocycles. The van der Waals surface area contributed by atoms with Gasteiger partial charge in [0.05, 0.1) is 18.3 Å². The Morgan fingerprint density at radius 1 is 1.45 bits per heavy atom. The lowest BCUT2D eigenvalue weighted by molar-refractivity contribution is 0.0156. The molecule has 0 amide bonds. The lowest BCUT2D eigenvalue weighted by Gasteiger charge is -2.33. The fourth-order valence-corrected chi connectivity index (χ4v) is 3.33. The van der Waals surface area contributed by atoms with Crippen LogP contribution in [0.2, 0.25) is 0 Å². The normalized spacial score (nSPS) is 21.8. The van der Waals surface area contributed by atoms with Gasteiger partial charge in [-0.2, -0.15) is 5.26 Å². The number of ether oxygens (including phenoxy) is 1. The van der Waals surface area contributed by atoms with Gasteiger partial charge in [-0.05, 0) is 33.3 Å². The van der Waals surface area contributed by atoms with Gasteiger partial charge in [-0.15, -0.1) is 0 Å². The molecule has 0 radical (unpaired) electrons. The molecule has 1 heterocycles. The lowest BCUT2D eigenvalue weighted by Crippen LogP contribution is -2.40. The molecule has 1 aromatic carbocycles. The second kappa shape index (κ2) is 5.73. The number of hydrogen-bond donors (Lipinski definition) is 1. The molecule has 0 aliphatic carbocycles. The first-order chi connectivity index (χ1) is 10.2. The first-order valence-corrected chi connectivity index (χ1v) is 7.17. The van der Waals surface area contributed by atoms with Crippen LogP contribution in [0.15, 0.2) is 6.07 Å². The Morgan fingerprint density at radius 3 is 2.55 bits per heavy atom. The summed E-state index contributed by atoms with van der Waals surface area (Å²) in [6.07, 6.45) is 0.662. The molecule has 0 bridgehead atoms. The van der Waals surface area contributed by atoms with Crippen molar-refractivity contribution in [3.8, 4) is 11.8 Å². The molecule has 22 heavy (non-hydrogen) atoms. The van der Waals surface area contributed by atoms with Crippen LogP contribution < -0.4 is 9.64 Å². The summed E-state index contributed by atoms with van der Waals surface area (Å²) in [6.45, 7) is 5.77. The van der Waals surface area contributed by atoms with E-state index in [1.165, 1.54) is 7.11 Å². The van der Waals surface area contributed by atoms with Crippen molar-refractivity contribution in [3.05, 3.63) is 23.3 Å². The van der Waals surface area contributed by atoms with Crippen LogP contribution in [-0.2, 0) is 0 Å². The third-order valence-electron chi connectivity index (χ3n) is 4.42. The number of methoxy groups -OCH3 is 1. The van der Waals surface area contributed by atoms with E-state index >= 15 is 0 Å². The Kier molecular flexibility index (Phi) is 4.30. The predicted molar refractivity (Wildman–Crippen MR) is 78.8 cm³/mol. The molecule has 6 heteroatoms. The molecular formula is C16H20F2N2O2. The number of nitrogens with zero attached hydrogens (tertiary/aromatic N) is 2. The van der Waals surface area contributed by atoms with E-state index < -0.39 is 17.2 Å². The summed E-state index contributed by atoms with van der Waals surface area (Å²) in [4.78, 5) is 1.70. The highest BCUT2D eigenvalue weighted by atomic mass is 19.1. The Labute approximate surface area is 128 Å². The van der Waals surface area contributed by atoms with Crippen LogP contribution in [0.5, 0.6) is 5.75 Å². The van der Waals surface area contributed by atoms with E-state index in [1.807, 2.05) is 6.92 Å². The average molecular weight is 310 g/mol. The Bertz CT molecular complexity index is 620. The third kappa shape index (κ3) is 2.61. The van der Waals surface area contributed by atoms with Crippen LogP contribution in [0.25, 0.3) is 0 Å². The van der Waals surface area contributed by atoms with E-state index in [4.69, 9.17) is 10.00 Å². The van der Waals surface area contributed by atoms with E-state index in [9.17, 15) is 13.9 Å². The maximum Gasteiger partial charge on any atom is 0.185 e. The number of aliphatic hydroxyl groups is 1. The van der Waals surface area contributed by atoms with Gasteiger partial charge in [0.25, 0.3) is 0 Å². The summed E-state index contributed by atoms with van der Waals surface area (Å²) < 4.78 is 33.7. The highest BCUT2D eigenvalue weighted by molar-refractivity contribution is 5.64. The van der Waals surface area contributed by atoms with E-state index in [0.717, 1.165) is 6.07 Å². The fraction of sp³-hybridized carbons (Fsp3) is 0.562. The number of anilines is 1. The molecule has 1 N–H and O–H groups in total. The van der Waals surface area contributed by atoms with E-state index in [-0.39, 0.29) is 29.0 Å². The molecule has 1 fully saturated rings. The molecule has 4 nitrogen and oxygen atoms in total. The van der Waals surface area contributed by atoms with E-state index in [1.54, 1.807) is 24.8 Å². The summed E-state index contributed by atoms with van der Waals surface area (Å²) in [5, 5.41) is 19.1. The topological polar surface area (TPSA) is 56.5 Å². The fourth-order valence-electron chi connectivity index (χ4n) is 3.33. The van der Waals surface area contributed by atoms with Crippen molar-refractivity contribution < 1.29 is 18.6 Å². The van der Waals surface area contributed by atoms with Gasteiger partial charge < -0.3 is 14.7 Å². The Balaban J connectivity index is 2.51. The van der Waals surface area contributed by atoms with Gasteiger partial charge in [0.1, 0.15) is 11.8 Å². The minimum atomic E-state index is -0.914. The van der Waals surface area contributed by atoms with Gasteiger partial charge >= 0.3 is 0 Å². The molecule has 2 rings (SSSR count). The largest absolute Gasteiger partial charge is 0.491 e. The zero-order valence-corrected chi connectivity index (χ0v) is 13.2. The zero-order valence-electron chi connectivity index (χ0n) is 13.2. The number of benzene rings is 1. The molecule has 0 spiro atoms. The third-order valence-corrected chi connectivity index (χ3v) is 4.42. The van der Waals surface area contributed by atoms with Gasteiger partial charge in [-0.25, -0.2) is 8.78 Å². The first-order valence-electron chi connectivity index (χ1n) is 7.17. The minimum absolute atomic E-state index is 0.0123. The summed E-state index contributed by atoms with van der Waals surface area (Å²) in [5.74, 6) is -1.89. The quantitative estimate of drug-likeness (QED) is 0.932. The van der Waals surface area contributed by atoms with Crippen LogP contribution >= 0.6 is 0 Å². The Morgan fingerprint density at radius 2 is 2.09 bits per heavy atom. The van der Waals surface area contributed by atoms with E-state index in [0.29, 0.717) is 13.0 Å². The van der Waals surface area contributed by atoms with Crippen LogP contribution in [0.1, 0.15) is 32.8 Å². The molecule has 1 saturated heterocycles. The molecule has 0 saturated carbocycles. The average Bonchev–Trinajstić information content (AvgIpc) is 2.81. The monoisotopic (exact) mass is 310 g/mol. The highest BCUT2D eigenvalue weighted by Crippen LogP contribution is 2.42. The molecular weight excluding hydrogens is 290 g/mol. The maximum atomic E-state index is 14.4. The van der Waals surface area contributed by atoms with Gasteiger partial charge in [0.15, 0.2) is 17.4 Å². The van der Waals surface area contributed by atoms with Crippen molar-refractivity contribution in [2.24, 2.45) is 5.92 Å². The minimum Gasteiger partial charge on any atom is -0.491 e. The van der Waals surface area contributed by atoms with Gasteiger partial charge in [0, 0.05) is 18.5 Å². The van der Waals surface area contributed by atoms with Gasteiger partial charge in [-0.3, -0.25) is 0 Å². The number of hydrogen-bond acceptors (Lipinski definition) is 4. The molecule has 1 aliphatic rings. The van der Waals surface area contributed by atoms with Gasteiger partial charge in [0.2, 0.25) is 0 Å². The van der Waals surface area contributed by atoms with Crippen molar-refractivity contribution >= 4 is 5.69 Å². The van der Waals surface area contributed by atoms with Crippen molar-refractivity contribution in [3.63, 3.8) is 0 Å². The second-order valence-electron chi connectivity index (χ2n) is 6.20. The smallest absolute Gasteiger partial charge is 0.185 e. The molecule has 1 aliphatic heterocycles. The lowest BCUT2D eigenvalue weighted by atomic mass is 9.85. The summed E-state index contributed by atoms with van der Waals surface area (Å²) in [6, 6.07) is 2.32. The molecule has 1 aromatic rings. The van der Waals surface area contributed by atoms with Crippen molar-refractivity contribution in [2.75, 3.05) is 18.6 Å². The Hall–Kier alpha value is -1.87. The van der Waals surface area contributed by atoms with E-state index in [2.05, 4.69) is 0 Å². The predicted octanol–water partition coefficient (Wildman–Crippen LogP) is 2.83. The summed E-state index contributed by atoms with van der Waals surface area (Å²) >= 11 is 0. The van der Waals surface area contributed by atoms with Crippen LogP contribution in [0.4, 0.5) is 14.5 Å². The molecule has 0 unspecified atom stereocenters. The van der Waals surface area contributed by atoms with Crippen LogP contribution in [0, 0.1) is 28.9 Å². The molecule has 2 atom stereocenters. The zero-order chi connectivity index (χ0) is 16.7. The van der Waals surface area contributed by atoms with Crippen molar-refractivity contribution in [2.45, 2.75) is 38.8 Å². The number of rotatable bonds is 3. The van der Waals surface area contributed by atoms with Crippen LogP contribution in [-0.4, -0.2) is 30.4 Å². The summed E-state index contributed by atoms with van der Waals surface area (Å²) in [5.41, 5.74) is -1.29. The highest BCUT2D eigenvalue weighted by Gasteiger charge is 2.41. The second-order valence-corrected chi connectivity index (χ2v) is 6.20. The van der Waals surface area contributed by atoms with Gasteiger partial charge in [-0.1, -0.05) is 0 Å². The SMILES string of the molecule is COc1c(F)c(C#N)cc(F)c1N1CC[C@H](C(C)(C)O)[C@@H]1C. The standard InChI is InChI=1S/C16H20F2N2O2/c1-9-11(16(2,3)21)5-6-20(9)14-12(17)7-10(8-19)13(18)15(14)22-4/h7,9,11,21H,5-6H2,1-4H3/t9-,11-/m0/s1. The maximum absolute atomic E-state index is 14.4. The van der Waals surface area contributed by atoms with Crippen molar-refractivity contribution in [1.29, 1.82) is 5.26 Å². The molecule has 120 valence electrons. The number of halogens is 2. The first kappa shape index (κ1) is 16.5. The van der Waals surface area contributed by atoms with Crippen molar-refractivity contribution in [1.82, 2.24) is 0 Å². The number of nitriles is 1. The summed E-state index contributed by atoms with van der Waals surface area (Å²) in [7, 11) is 1.25.